The van der Waals surface area contributed by atoms with E-state index in [4.69, 9.17) is 0 Å². The molecule has 0 aliphatic heterocycles. The van der Waals surface area contributed by atoms with Crippen molar-refractivity contribution in [2.45, 2.75) is 13.0 Å². The van der Waals surface area contributed by atoms with Gasteiger partial charge in [-0.05, 0) is 24.1 Å². The number of nitrogens with one attached hydrogen (secondary N) is 1. The normalized spacial score (nSPS) is 10.8. The second kappa shape index (κ2) is 8.52. The third-order valence-electron chi connectivity index (χ3n) is 4.77. The monoisotopic (exact) mass is 383 g/mol. The summed E-state index contributed by atoms with van der Waals surface area (Å²) in [6.45, 7) is 0.584. The molecular formula is C24H21N3O2. The summed E-state index contributed by atoms with van der Waals surface area (Å²) in [7, 11) is 0. The van der Waals surface area contributed by atoms with Gasteiger partial charge in [-0.2, -0.15) is 0 Å². The summed E-state index contributed by atoms with van der Waals surface area (Å²) in [6.07, 6.45) is 0.757. The number of imidazole rings is 1. The minimum absolute atomic E-state index is 0.0449. The Morgan fingerprint density at radius 3 is 2.24 bits per heavy atom. The van der Waals surface area contributed by atoms with E-state index in [2.05, 4.69) is 10.3 Å². The Morgan fingerprint density at radius 1 is 0.828 bits per heavy atom. The first-order valence-corrected chi connectivity index (χ1v) is 9.58. The van der Waals surface area contributed by atoms with Crippen molar-refractivity contribution in [1.29, 1.82) is 0 Å². The lowest BCUT2D eigenvalue weighted by atomic mass is 10.1. The number of ketones is 1. The van der Waals surface area contributed by atoms with E-state index in [0.29, 0.717) is 17.6 Å². The predicted molar refractivity (Wildman–Crippen MR) is 113 cm³/mol. The molecule has 0 saturated heterocycles. The molecule has 5 nitrogen and oxygen atoms in total. The molecule has 4 rings (SSSR count). The van der Waals surface area contributed by atoms with Crippen molar-refractivity contribution in [2.75, 3.05) is 6.54 Å². The van der Waals surface area contributed by atoms with E-state index in [-0.39, 0.29) is 24.1 Å². The number of fused-ring (bicyclic) bond motifs is 1. The average Bonchev–Trinajstić information content (AvgIpc) is 3.13. The lowest BCUT2D eigenvalue weighted by Crippen LogP contribution is -2.30. The minimum Gasteiger partial charge on any atom is -0.354 e. The lowest BCUT2D eigenvalue weighted by Gasteiger charge is -2.10. The summed E-state index contributed by atoms with van der Waals surface area (Å²) in [4.78, 5) is 30.1. The van der Waals surface area contributed by atoms with E-state index in [1.54, 1.807) is 16.7 Å². The maximum atomic E-state index is 13.0. The minimum atomic E-state index is -0.195. The van der Waals surface area contributed by atoms with Gasteiger partial charge in [0.1, 0.15) is 6.54 Å². The van der Waals surface area contributed by atoms with Gasteiger partial charge in [0.15, 0.2) is 5.82 Å². The van der Waals surface area contributed by atoms with Crippen molar-refractivity contribution in [3.8, 4) is 0 Å². The van der Waals surface area contributed by atoms with Crippen LogP contribution in [-0.4, -0.2) is 27.8 Å². The maximum Gasteiger partial charge on any atom is 0.240 e. The highest BCUT2D eigenvalue weighted by molar-refractivity contribution is 6.08. The largest absolute Gasteiger partial charge is 0.354 e. The van der Waals surface area contributed by atoms with E-state index in [1.807, 2.05) is 72.8 Å². The van der Waals surface area contributed by atoms with Gasteiger partial charge in [0, 0.05) is 12.1 Å². The molecule has 0 atom stereocenters. The van der Waals surface area contributed by atoms with Crippen molar-refractivity contribution >= 4 is 22.7 Å². The summed E-state index contributed by atoms with van der Waals surface area (Å²) >= 11 is 0. The molecule has 1 heterocycles. The molecule has 1 N–H and O–H groups in total. The van der Waals surface area contributed by atoms with E-state index in [0.717, 1.165) is 11.9 Å². The highest BCUT2D eigenvalue weighted by Crippen LogP contribution is 2.18. The summed E-state index contributed by atoms with van der Waals surface area (Å²) in [5, 5.41) is 2.94. The number of hydrogen-bond acceptors (Lipinski definition) is 3. The zero-order valence-electron chi connectivity index (χ0n) is 15.9. The van der Waals surface area contributed by atoms with Crippen molar-refractivity contribution in [3.63, 3.8) is 0 Å². The summed E-state index contributed by atoms with van der Waals surface area (Å²) in [5.74, 6) is -0.0688. The molecule has 1 amide bonds. The molecule has 0 unspecified atom stereocenters. The van der Waals surface area contributed by atoms with Gasteiger partial charge in [0.05, 0.1) is 11.0 Å². The van der Waals surface area contributed by atoms with E-state index < -0.39 is 0 Å². The third-order valence-corrected chi connectivity index (χ3v) is 4.77. The molecule has 5 heteroatoms. The fraction of sp³-hybridized carbons (Fsp3) is 0.125. The molecule has 3 aromatic carbocycles. The van der Waals surface area contributed by atoms with Gasteiger partial charge in [0.25, 0.3) is 0 Å². The molecular weight excluding hydrogens is 362 g/mol. The fourth-order valence-corrected chi connectivity index (χ4v) is 3.32. The smallest absolute Gasteiger partial charge is 0.240 e. The Labute approximate surface area is 169 Å². The van der Waals surface area contributed by atoms with Crippen LogP contribution >= 0.6 is 0 Å². The second-order valence-corrected chi connectivity index (χ2v) is 6.79. The highest BCUT2D eigenvalue weighted by atomic mass is 16.2. The summed E-state index contributed by atoms with van der Waals surface area (Å²) in [6, 6.07) is 26.5. The SMILES string of the molecule is O=C(Cn1c(C(=O)c2ccccc2)nc2ccccc21)NCCc1ccccc1. The number of carbonyl (C=O) groups excluding carboxylic acids is 2. The van der Waals surface area contributed by atoms with Crippen LogP contribution in [0.4, 0.5) is 0 Å². The van der Waals surface area contributed by atoms with Gasteiger partial charge in [-0.15, -0.1) is 0 Å². The summed E-state index contributed by atoms with van der Waals surface area (Å²) in [5.41, 5.74) is 3.18. The first kappa shape index (κ1) is 18.6. The number of aromatic nitrogens is 2. The van der Waals surface area contributed by atoms with Crippen molar-refractivity contribution in [3.05, 3.63) is 102 Å². The van der Waals surface area contributed by atoms with Crippen molar-refractivity contribution in [2.24, 2.45) is 0 Å². The van der Waals surface area contributed by atoms with Gasteiger partial charge in [0.2, 0.25) is 11.7 Å². The van der Waals surface area contributed by atoms with Gasteiger partial charge >= 0.3 is 0 Å². The van der Waals surface area contributed by atoms with Crippen LogP contribution in [0.3, 0.4) is 0 Å². The first-order chi connectivity index (χ1) is 14.2. The van der Waals surface area contributed by atoms with Crippen LogP contribution in [0.25, 0.3) is 11.0 Å². The molecule has 29 heavy (non-hydrogen) atoms. The predicted octanol–water partition coefficient (Wildman–Crippen LogP) is 3.63. The van der Waals surface area contributed by atoms with E-state index in [1.165, 1.54) is 5.56 Å². The molecule has 0 bridgehead atoms. The Balaban J connectivity index is 1.54. The molecule has 0 aliphatic rings. The fourth-order valence-electron chi connectivity index (χ4n) is 3.32. The van der Waals surface area contributed by atoms with Gasteiger partial charge < -0.3 is 9.88 Å². The number of amides is 1. The Hall–Kier alpha value is -3.73. The zero-order chi connectivity index (χ0) is 20.1. The molecule has 1 aromatic heterocycles. The number of para-hydroxylation sites is 2. The molecule has 0 radical (unpaired) electrons. The molecule has 0 spiro atoms. The lowest BCUT2D eigenvalue weighted by molar-refractivity contribution is -0.121. The van der Waals surface area contributed by atoms with E-state index >= 15 is 0 Å². The van der Waals surface area contributed by atoms with E-state index in [9.17, 15) is 9.59 Å². The third kappa shape index (κ3) is 4.24. The van der Waals surface area contributed by atoms with Crippen molar-refractivity contribution < 1.29 is 9.59 Å². The average molecular weight is 383 g/mol. The molecule has 0 saturated carbocycles. The van der Waals surface area contributed by atoms with Crippen LogP contribution < -0.4 is 5.32 Å². The number of carbonyl (C=O) groups is 2. The zero-order valence-corrected chi connectivity index (χ0v) is 15.9. The standard InChI is InChI=1S/C24H21N3O2/c28-22(25-16-15-18-9-3-1-4-10-18)17-27-21-14-8-7-13-20(21)26-24(27)23(29)19-11-5-2-6-12-19/h1-14H,15-17H2,(H,25,28). The first-order valence-electron chi connectivity index (χ1n) is 9.58. The number of rotatable bonds is 7. The Bertz CT molecular complexity index is 1130. The van der Waals surface area contributed by atoms with Gasteiger partial charge in [-0.3, -0.25) is 9.59 Å². The summed E-state index contributed by atoms with van der Waals surface area (Å²) < 4.78 is 1.70. The molecule has 4 aromatic rings. The van der Waals surface area contributed by atoms with Gasteiger partial charge in [-0.25, -0.2) is 4.98 Å². The molecule has 144 valence electrons. The topological polar surface area (TPSA) is 64.0 Å². The number of nitrogens with zero attached hydrogens (tertiary/aromatic N) is 2. The van der Waals surface area contributed by atoms with Crippen LogP contribution in [0.15, 0.2) is 84.9 Å². The van der Waals surface area contributed by atoms with Crippen LogP contribution in [0.2, 0.25) is 0 Å². The van der Waals surface area contributed by atoms with Crippen LogP contribution in [-0.2, 0) is 17.8 Å². The number of hydrogen-bond donors (Lipinski definition) is 1. The van der Waals surface area contributed by atoms with Crippen LogP contribution in [0.1, 0.15) is 21.7 Å². The second-order valence-electron chi connectivity index (χ2n) is 6.79. The van der Waals surface area contributed by atoms with Gasteiger partial charge in [-0.1, -0.05) is 72.8 Å². The quantitative estimate of drug-likeness (QED) is 0.496. The molecule has 0 aliphatic carbocycles. The maximum absolute atomic E-state index is 13.0. The highest BCUT2D eigenvalue weighted by Gasteiger charge is 2.20. The number of benzene rings is 3. The Kier molecular flexibility index (Phi) is 5.47. The Morgan fingerprint density at radius 2 is 1.48 bits per heavy atom. The van der Waals surface area contributed by atoms with Crippen molar-refractivity contribution in [1.82, 2.24) is 14.9 Å². The van der Waals surface area contributed by atoms with Crippen LogP contribution in [0, 0.1) is 0 Å². The molecule has 0 fully saturated rings. The van der Waals surface area contributed by atoms with Crippen LogP contribution in [0.5, 0.6) is 0 Å².